The molecule has 1 saturated heterocycles. The van der Waals surface area contributed by atoms with Gasteiger partial charge in [-0.1, -0.05) is 41.9 Å². The Kier molecular flexibility index (Phi) is 7.40. The van der Waals surface area contributed by atoms with E-state index < -0.39 is 5.82 Å². The fourth-order valence-electron chi connectivity index (χ4n) is 5.37. The normalized spacial score (nSPS) is 19.1. The molecule has 0 radical (unpaired) electrons. The van der Waals surface area contributed by atoms with Crippen LogP contribution in [0, 0.1) is 5.82 Å². The van der Waals surface area contributed by atoms with Gasteiger partial charge in [0.1, 0.15) is 5.82 Å². The van der Waals surface area contributed by atoms with Gasteiger partial charge in [0.25, 0.3) is 0 Å². The van der Waals surface area contributed by atoms with Crippen LogP contribution in [0.15, 0.2) is 48.7 Å². The first-order valence-corrected chi connectivity index (χ1v) is 13.2. The quantitative estimate of drug-likeness (QED) is 0.607. The fourth-order valence-corrected chi connectivity index (χ4v) is 5.62. The van der Waals surface area contributed by atoms with Gasteiger partial charge in [0.15, 0.2) is 0 Å². The summed E-state index contributed by atoms with van der Waals surface area (Å²) in [7, 11) is 0. The number of likely N-dealkylation sites (tertiary alicyclic amines) is 1. The van der Waals surface area contributed by atoms with Gasteiger partial charge in [0, 0.05) is 55.7 Å². The van der Waals surface area contributed by atoms with Crippen molar-refractivity contribution in [3.8, 4) is 0 Å². The molecular weight excluding hydrogens is 493 g/mol. The second-order valence-corrected chi connectivity index (χ2v) is 10.7. The summed E-state index contributed by atoms with van der Waals surface area (Å²) in [5.74, 6) is -0.392. The number of urea groups is 1. The number of carbonyl (C=O) groups is 2. The molecule has 3 amide bonds. The van der Waals surface area contributed by atoms with Gasteiger partial charge >= 0.3 is 6.03 Å². The lowest BCUT2D eigenvalue weighted by atomic mass is 10.0. The van der Waals surface area contributed by atoms with E-state index in [1.165, 1.54) is 6.07 Å². The summed E-state index contributed by atoms with van der Waals surface area (Å²) < 4.78 is 14.1. The molecule has 1 N–H and O–H groups in total. The van der Waals surface area contributed by atoms with Crippen LogP contribution in [0.5, 0.6) is 0 Å². The van der Waals surface area contributed by atoms with Gasteiger partial charge in [0.05, 0.1) is 18.2 Å². The van der Waals surface area contributed by atoms with E-state index in [9.17, 15) is 14.0 Å². The third-order valence-corrected chi connectivity index (χ3v) is 7.94. The summed E-state index contributed by atoms with van der Waals surface area (Å²) in [6.07, 6.45) is 3.44. The highest BCUT2D eigenvalue weighted by atomic mass is 35.5. The SMILES string of the molecule is CC(C)N1CC(c2cccc(F)c2Cl)=CN(CC(=O)N2CCC(N3Cc4ccccc4NC3=O)CC2)C1. The molecule has 2 aromatic carbocycles. The summed E-state index contributed by atoms with van der Waals surface area (Å²) in [5.41, 5.74) is 3.54. The number of anilines is 1. The van der Waals surface area contributed by atoms with E-state index >= 15 is 0 Å². The smallest absolute Gasteiger partial charge is 0.322 e. The molecule has 3 aliphatic heterocycles. The Hall–Kier alpha value is -3.10. The van der Waals surface area contributed by atoms with Gasteiger partial charge in [-0.25, -0.2) is 9.18 Å². The number of piperidine rings is 1. The largest absolute Gasteiger partial charge is 0.355 e. The maximum Gasteiger partial charge on any atom is 0.322 e. The molecule has 9 heteroatoms. The van der Waals surface area contributed by atoms with Gasteiger partial charge in [0.2, 0.25) is 5.91 Å². The minimum Gasteiger partial charge on any atom is -0.355 e. The molecule has 1 fully saturated rings. The van der Waals surface area contributed by atoms with Crippen molar-refractivity contribution in [2.75, 3.05) is 38.2 Å². The van der Waals surface area contributed by atoms with Crippen LogP contribution in [-0.4, -0.2) is 76.5 Å². The van der Waals surface area contributed by atoms with Crippen molar-refractivity contribution in [1.82, 2.24) is 19.6 Å². The van der Waals surface area contributed by atoms with Crippen molar-refractivity contribution >= 4 is 34.8 Å². The van der Waals surface area contributed by atoms with E-state index in [0.717, 1.165) is 29.7 Å². The van der Waals surface area contributed by atoms with Crippen molar-refractivity contribution in [1.29, 1.82) is 0 Å². The van der Waals surface area contributed by atoms with Crippen LogP contribution in [-0.2, 0) is 11.3 Å². The van der Waals surface area contributed by atoms with E-state index in [-0.39, 0.29) is 35.6 Å². The van der Waals surface area contributed by atoms with E-state index in [4.69, 9.17) is 11.6 Å². The predicted octanol–water partition coefficient (Wildman–Crippen LogP) is 4.84. The molecule has 0 spiro atoms. The van der Waals surface area contributed by atoms with E-state index in [1.54, 1.807) is 6.07 Å². The van der Waals surface area contributed by atoms with Crippen LogP contribution < -0.4 is 5.32 Å². The Morgan fingerprint density at radius 1 is 1.11 bits per heavy atom. The number of benzene rings is 2. The lowest BCUT2D eigenvalue weighted by molar-refractivity contribution is -0.133. The zero-order valence-corrected chi connectivity index (χ0v) is 22.0. The summed E-state index contributed by atoms with van der Waals surface area (Å²) in [4.78, 5) is 34.0. The lowest BCUT2D eigenvalue weighted by Gasteiger charge is -2.42. The summed E-state index contributed by atoms with van der Waals surface area (Å²) in [6.45, 7) is 7.52. The van der Waals surface area contributed by atoms with Crippen LogP contribution in [0.3, 0.4) is 0 Å². The Bertz CT molecular complexity index is 1210. The molecular formula is C28H33ClFN5O2. The topological polar surface area (TPSA) is 59.1 Å². The maximum atomic E-state index is 14.1. The number of nitrogens with one attached hydrogen (secondary N) is 1. The van der Waals surface area contributed by atoms with Gasteiger partial charge in [-0.3, -0.25) is 9.69 Å². The first kappa shape index (κ1) is 25.5. The Labute approximate surface area is 222 Å². The molecule has 0 saturated carbocycles. The molecule has 0 unspecified atom stereocenters. The third-order valence-electron chi connectivity index (χ3n) is 7.56. The highest BCUT2D eigenvalue weighted by Crippen LogP contribution is 2.31. The molecule has 0 atom stereocenters. The molecule has 2 aromatic rings. The van der Waals surface area contributed by atoms with Crippen molar-refractivity contribution in [3.05, 3.63) is 70.6 Å². The number of para-hydroxylation sites is 1. The Morgan fingerprint density at radius 3 is 2.62 bits per heavy atom. The number of rotatable bonds is 5. The van der Waals surface area contributed by atoms with Gasteiger partial charge in [-0.2, -0.15) is 0 Å². The van der Waals surface area contributed by atoms with Crippen molar-refractivity contribution in [2.24, 2.45) is 0 Å². The van der Waals surface area contributed by atoms with Crippen LogP contribution in [0.4, 0.5) is 14.9 Å². The lowest BCUT2D eigenvalue weighted by Crippen LogP contribution is -2.53. The monoisotopic (exact) mass is 525 g/mol. The maximum absolute atomic E-state index is 14.1. The number of carbonyl (C=O) groups excluding carboxylic acids is 2. The highest BCUT2D eigenvalue weighted by molar-refractivity contribution is 6.32. The average Bonchev–Trinajstić information content (AvgIpc) is 2.89. The van der Waals surface area contributed by atoms with Crippen LogP contribution in [0.25, 0.3) is 5.57 Å². The zero-order chi connectivity index (χ0) is 26.1. The number of nitrogens with zero attached hydrogens (tertiary/aromatic N) is 4. The minimum atomic E-state index is -0.446. The summed E-state index contributed by atoms with van der Waals surface area (Å²) in [5, 5.41) is 3.10. The molecule has 5 rings (SSSR count). The van der Waals surface area contributed by atoms with Crippen LogP contribution >= 0.6 is 11.6 Å². The van der Waals surface area contributed by atoms with Gasteiger partial charge in [-0.05, 0) is 50.0 Å². The van der Waals surface area contributed by atoms with E-state index in [0.29, 0.717) is 38.4 Å². The van der Waals surface area contributed by atoms with Crippen LogP contribution in [0.2, 0.25) is 5.02 Å². The summed E-state index contributed by atoms with van der Waals surface area (Å²) in [6, 6.07) is 13.0. The second kappa shape index (κ2) is 10.7. The number of hydrogen-bond acceptors (Lipinski definition) is 4. The molecule has 7 nitrogen and oxygen atoms in total. The molecule has 0 aromatic heterocycles. The van der Waals surface area contributed by atoms with E-state index in [2.05, 4.69) is 24.1 Å². The molecule has 0 aliphatic carbocycles. The molecule has 196 valence electrons. The zero-order valence-electron chi connectivity index (χ0n) is 21.3. The average molecular weight is 526 g/mol. The number of fused-ring (bicyclic) bond motifs is 1. The standard InChI is InChI=1S/C28H33ClFN5O2/c1-19(2)34-15-21(23-7-5-8-24(30)27(23)29)14-32(18-34)17-26(36)33-12-10-22(11-13-33)35-16-20-6-3-4-9-25(20)31-28(35)37/h3-9,14,19,22H,10-13,15-18H2,1-2H3,(H,31,37). The second-order valence-electron chi connectivity index (χ2n) is 10.3. The van der Waals surface area contributed by atoms with Crippen molar-refractivity contribution < 1.29 is 14.0 Å². The van der Waals surface area contributed by atoms with Gasteiger partial charge in [-0.15, -0.1) is 0 Å². The molecule has 0 bridgehead atoms. The Morgan fingerprint density at radius 2 is 1.86 bits per heavy atom. The highest BCUT2D eigenvalue weighted by Gasteiger charge is 2.33. The number of amides is 3. The first-order valence-electron chi connectivity index (χ1n) is 12.9. The molecule has 37 heavy (non-hydrogen) atoms. The third kappa shape index (κ3) is 5.45. The van der Waals surface area contributed by atoms with Crippen molar-refractivity contribution in [3.63, 3.8) is 0 Å². The van der Waals surface area contributed by atoms with E-state index in [1.807, 2.05) is 51.2 Å². The van der Waals surface area contributed by atoms with Crippen molar-refractivity contribution in [2.45, 2.75) is 45.3 Å². The Balaban J connectivity index is 1.22. The number of hydrogen-bond donors (Lipinski definition) is 1. The molecule has 3 heterocycles. The fraction of sp³-hybridized carbons (Fsp3) is 0.429. The van der Waals surface area contributed by atoms with Crippen LogP contribution in [0.1, 0.15) is 37.8 Å². The predicted molar refractivity (Wildman–Crippen MR) is 143 cm³/mol. The molecule has 3 aliphatic rings. The summed E-state index contributed by atoms with van der Waals surface area (Å²) >= 11 is 6.28. The first-order chi connectivity index (χ1) is 17.8. The number of halogens is 2. The van der Waals surface area contributed by atoms with Gasteiger partial charge < -0.3 is 20.0 Å². The minimum absolute atomic E-state index is 0.0541.